The molecule has 108 valence electrons. The van der Waals surface area contributed by atoms with Gasteiger partial charge in [0.1, 0.15) is 0 Å². The SMILES string of the molecule is Cc1c(C#CCN(C)C)cc(Cl)cc1N1CCNCC1. The number of hydrogen-bond acceptors (Lipinski definition) is 3. The summed E-state index contributed by atoms with van der Waals surface area (Å²) in [6.45, 7) is 6.97. The van der Waals surface area contributed by atoms with E-state index in [4.69, 9.17) is 11.6 Å². The first-order chi connectivity index (χ1) is 9.58. The molecule has 3 nitrogen and oxygen atoms in total. The maximum Gasteiger partial charge on any atom is 0.0600 e. The Bertz CT molecular complexity index is 523. The predicted molar refractivity (Wildman–Crippen MR) is 86.7 cm³/mol. The van der Waals surface area contributed by atoms with E-state index < -0.39 is 0 Å². The molecule has 1 saturated heterocycles. The molecule has 0 aliphatic carbocycles. The predicted octanol–water partition coefficient (Wildman–Crippen LogP) is 1.97. The Balaban J connectivity index is 2.28. The van der Waals surface area contributed by atoms with Gasteiger partial charge < -0.3 is 10.2 Å². The normalized spacial score (nSPS) is 15.2. The van der Waals surface area contributed by atoms with Gasteiger partial charge in [0.25, 0.3) is 0 Å². The van der Waals surface area contributed by atoms with Gasteiger partial charge in [0, 0.05) is 42.5 Å². The van der Waals surface area contributed by atoms with Crippen LogP contribution in [-0.4, -0.2) is 51.7 Å². The second-order valence-electron chi connectivity index (χ2n) is 5.37. The molecule has 0 bridgehead atoms. The van der Waals surface area contributed by atoms with Gasteiger partial charge in [0.15, 0.2) is 0 Å². The van der Waals surface area contributed by atoms with E-state index in [0.717, 1.165) is 43.3 Å². The number of benzene rings is 1. The topological polar surface area (TPSA) is 18.5 Å². The second kappa shape index (κ2) is 6.99. The molecule has 1 fully saturated rings. The molecular formula is C16H22ClN3. The second-order valence-corrected chi connectivity index (χ2v) is 5.81. The zero-order valence-corrected chi connectivity index (χ0v) is 13.2. The molecule has 0 aromatic heterocycles. The number of rotatable bonds is 2. The van der Waals surface area contributed by atoms with Crippen LogP contribution in [0.4, 0.5) is 5.69 Å². The number of hydrogen-bond donors (Lipinski definition) is 1. The lowest BCUT2D eigenvalue weighted by Gasteiger charge is -2.31. The van der Waals surface area contributed by atoms with E-state index in [1.165, 1.54) is 11.3 Å². The lowest BCUT2D eigenvalue weighted by atomic mass is 10.1. The third kappa shape index (κ3) is 3.89. The van der Waals surface area contributed by atoms with E-state index in [1.54, 1.807) is 0 Å². The van der Waals surface area contributed by atoms with Gasteiger partial charge >= 0.3 is 0 Å². The maximum atomic E-state index is 6.26. The highest BCUT2D eigenvalue weighted by Crippen LogP contribution is 2.27. The summed E-state index contributed by atoms with van der Waals surface area (Å²) < 4.78 is 0. The number of nitrogens with zero attached hydrogens (tertiary/aromatic N) is 2. The van der Waals surface area contributed by atoms with E-state index in [2.05, 4.69) is 39.9 Å². The summed E-state index contributed by atoms with van der Waals surface area (Å²) in [7, 11) is 4.04. The first-order valence-electron chi connectivity index (χ1n) is 6.97. The Morgan fingerprint density at radius 1 is 1.30 bits per heavy atom. The molecule has 1 aliphatic rings. The van der Waals surface area contributed by atoms with Crippen LogP contribution in [0.1, 0.15) is 11.1 Å². The molecule has 0 spiro atoms. The fourth-order valence-corrected chi connectivity index (χ4v) is 2.53. The number of halogens is 1. The summed E-state index contributed by atoms with van der Waals surface area (Å²) in [4.78, 5) is 4.44. The van der Waals surface area contributed by atoms with Gasteiger partial charge in [-0.25, -0.2) is 0 Å². The van der Waals surface area contributed by atoms with Crippen molar-refractivity contribution in [2.24, 2.45) is 0 Å². The molecule has 1 N–H and O–H groups in total. The van der Waals surface area contributed by atoms with Gasteiger partial charge in [-0.15, -0.1) is 0 Å². The molecule has 0 saturated carbocycles. The Morgan fingerprint density at radius 2 is 2.00 bits per heavy atom. The highest BCUT2D eigenvalue weighted by Gasteiger charge is 2.14. The first kappa shape index (κ1) is 15.2. The van der Waals surface area contributed by atoms with E-state index in [-0.39, 0.29) is 0 Å². The molecule has 0 unspecified atom stereocenters. The van der Waals surface area contributed by atoms with Crippen LogP contribution < -0.4 is 10.2 Å². The van der Waals surface area contributed by atoms with Crippen LogP contribution in [0.15, 0.2) is 12.1 Å². The van der Waals surface area contributed by atoms with Crippen LogP contribution in [0.2, 0.25) is 5.02 Å². The maximum absolute atomic E-state index is 6.26. The van der Waals surface area contributed by atoms with Crippen molar-refractivity contribution >= 4 is 17.3 Å². The number of anilines is 1. The van der Waals surface area contributed by atoms with Crippen LogP contribution >= 0.6 is 11.6 Å². The van der Waals surface area contributed by atoms with E-state index in [1.807, 2.05) is 20.2 Å². The van der Waals surface area contributed by atoms with Crippen molar-refractivity contribution in [1.29, 1.82) is 0 Å². The molecule has 2 rings (SSSR count). The van der Waals surface area contributed by atoms with Gasteiger partial charge in [-0.1, -0.05) is 23.4 Å². The van der Waals surface area contributed by atoms with Crippen molar-refractivity contribution in [3.8, 4) is 11.8 Å². The molecule has 20 heavy (non-hydrogen) atoms. The highest BCUT2D eigenvalue weighted by molar-refractivity contribution is 6.31. The molecular weight excluding hydrogens is 270 g/mol. The first-order valence-corrected chi connectivity index (χ1v) is 7.35. The molecule has 1 heterocycles. The zero-order valence-electron chi connectivity index (χ0n) is 12.5. The van der Waals surface area contributed by atoms with E-state index in [9.17, 15) is 0 Å². The fraction of sp³-hybridized carbons (Fsp3) is 0.500. The summed E-state index contributed by atoms with van der Waals surface area (Å²) in [5.41, 5.74) is 3.48. The third-order valence-corrected chi connectivity index (χ3v) is 3.64. The lowest BCUT2D eigenvalue weighted by Crippen LogP contribution is -2.43. The zero-order chi connectivity index (χ0) is 14.5. The van der Waals surface area contributed by atoms with Crippen molar-refractivity contribution < 1.29 is 0 Å². The molecule has 1 aromatic carbocycles. The van der Waals surface area contributed by atoms with Crippen LogP contribution in [0.25, 0.3) is 0 Å². The Morgan fingerprint density at radius 3 is 2.65 bits per heavy atom. The van der Waals surface area contributed by atoms with Gasteiger partial charge in [0.05, 0.1) is 6.54 Å². The minimum absolute atomic E-state index is 0.759. The summed E-state index contributed by atoms with van der Waals surface area (Å²) in [5.74, 6) is 6.43. The van der Waals surface area contributed by atoms with Crippen molar-refractivity contribution in [2.75, 3.05) is 51.7 Å². The van der Waals surface area contributed by atoms with E-state index >= 15 is 0 Å². The van der Waals surface area contributed by atoms with Crippen molar-refractivity contribution in [3.63, 3.8) is 0 Å². The molecule has 0 amide bonds. The molecule has 1 aliphatic heterocycles. The van der Waals surface area contributed by atoms with Crippen LogP contribution in [0.5, 0.6) is 0 Å². The number of piperazine rings is 1. The fourth-order valence-electron chi connectivity index (χ4n) is 2.32. The Kier molecular flexibility index (Phi) is 5.31. The van der Waals surface area contributed by atoms with Crippen LogP contribution in [-0.2, 0) is 0 Å². The number of nitrogens with one attached hydrogen (secondary N) is 1. The van der Waals surface area contributed by atoms with Crippen molar-refractivity contribution in [3.05, 3.63) is 28.3 Å². The van der Waals surface area contributed by atoms with Crippen molar-refractivity contribution in [1.82, 2.24) is 10.2 Å². The average Bonchev–Trinajstić information content (AvgIpc) is 2.43. The average molecular weight is 292 g/mol. The summed E-state index contributed by atoms with van der Waals surface area (Å²) >= 11 is 6.26. The van der Waals surface area contributed by atoms with Crippen LogP contribution in [0, 0.1) is 18.8 Å². The monoisotopic (exact) mass is 291 g/mol. The van der Waals surface area contributed by atoms with Crippen LogP contribution in [0.3, 0.4) is 0 Å². The summed E-state index contributed by atoms with van der Waals surface area (Å²) in [6, 6.07) is 4.02. The molecule has 4 heteroatoms. The Labute approximate surface area is 126 Å². The van der Waals surface area contributed by atoms with Gasteiger partial charge in [-0.05, 0) is 38.7 Å². The minimum Gasteiger partial charge on any atom is -0.369 e. The van der Waals surface area contributed by atoms with Crippen molar-refractivity contribution in [2.45, 2.75) is 6.92 Å². The smallest absolute Gasteiger partial charge is 0.0600 e. The Hall–Kier alpha value is -1.21. The molecule has 1 aromatic rings. The molecule has 0 atom stereocenters. The quantitative estimate of drug-likeness (QED) is 0.841. The molecule has 0 radical (unpaired) electrons. The van der Waals surface area contributed by atoms with E-state index in [0.29, 0.717) is 0 Å². The lowest BCUT2D eigenvalue weighted by molar-refractivity contribution is 0.464. The minimum atomic E-state index is 0.759. The van der Waals surface area contributed by atoms with Gasteiger partial charge in [0.2, 0.25) is 0 Å². The summed E-state index contributed by atoms with van der Waals surface area (Å²) in [5, 5.41) is 4.13. The summed E-state index contributed by atoms with van der Waals surface area (Å²) in [6.07, 6.45) is 0. The highest BCUT2D eigenvalue weighted by atomic mass is 35.5. The third-order valence-electron chi connectivity index (χ3n) is 3.42. The van der Waals surface area contributed by atoms with Gasteiger partial charge in [-0.3, -0.25) is 4.90 Å². The largest absolute Gasteiger partial charge is 0.369 e. The van der Waals surface area contributed by atoms with Gasteiger partial charge in [-0.2, -0.15) is 0 Å². The standard InChI is InChI=1S/C16H22ClN3/c1-13-14(5-4-8-19(2)3)11-15(17)12-16(13)20-9-6-18-7-10-20/h11-12,18H,6-10H2,1-3H3.